The molecule has 1 heterocycles. The second-order valence-electron chi connectivity index (χ2n) is 4.19. The van der Waals surface area contributed by atoms with E-state index in [4.69, 9.17) is 9.84 Å². The largest absolute Gasteiger partial charge is 0.478 e. The number of hydrogen-bond acceptors (Lipinski definition) is 5. The van der Waals surface area contributed by atoms with E-state index in [-0.39, 0.29) is 12.5 Å². The van der Waals surface area contributed by atoms with Gasteiger partial charge in [-0.2, -0.15) is 4.98 Å². The van der Waals surface area contributed by atoms with Gasteiger partial charge in [-0.1, -0.05) is 13.8 Å². The molecule has 2 N–H and O–H groups in total. The predicted molar refractivity (Wildman–Crippen MR) is 67.3 cm³/mol. The molecule has 96 valence electrons. The van der Waals surface area contributed by atoms with Gasteiger partial charge in [-0.3, -0.25) is 0 Å². The van der Waals surface area contributed by atoms with Crippen LogP contribution in [0.4, 0.5) is 5.95 Å². The molecule has 17 heavy (non-hydrogen) atoms. The topological polar surface area (TPSA) is 67.3 Å². The van der Waals surface area contributed by atoms with Gasteiger partial charge in [0, 0.05) is 24.9 Å². The third-order valence-corrected chi connectivity index (χ3v) is 2.21. The van der Waals surface area contributed by atoms with Crippen molar-refractivity contribution in [3.8, 4) is 5.88 Å². The first-order chi connectivity index (χ1) is 8.15. The van der Waals surface area contributed by atoms with E-state index in [0.717, 1.165) is 12.1 Å². The molecule has 0 fully saturated rings. The van der Waals surface area contributed by atoms with Gasteiger partial charge < -0.3 is 15.2 Å². The third kappa shape index (κ3) is 4.99. The Morgan fingerprint density at radius 2 is 2.24 bits per heavy atom. The van der Waals surface area contributed by atoms with Crippen molar-refractivity contribution < 1.29 is 9.84 Å². The molecule has 0 radical (unpaired) electrons. The van der Waals surface area contributed by atoms with Crippen molar-refractivity contribution in [1.29, 1.82) is 0 Å². The Balaban J connectivity index is 2.61. The number of nitrogens with one attached hydrogen (secondary N) is 1. The normalized spacial score (nSPS) is 12.2. The van der Waals surface area contributed by atoms with Crippen LogP contribution in [0.1, 0.15) is 26.0 Å². The predicted octanol–water partition coefficient (Wildman–Crippen LogP) is 1.61. The van der Waals surface area contributed by atoms with Crippen molar-refractivity contribution >= 4 is 5.95 Å². The van der Waals surface area contributed by atoms with Crippen LogP contribution in [0, 0.1) is 12.8 Å². The van der Waals surface area contributed by atoms with Gasteiger partial charge in [0.05, 0.1) is 6.61 Å². The molecule has 0 aromatic carbocycles. The van der Waals surface area contributed by atoms with Crippen LogP contribution in [0.3, 0.4) is 0 Å². The molecule has 0 aliphatic carbocycles. The fourth-order valence-electron chi connectivity index (χ4n) is 1.23. The van der Waals surface area contributed by atoms with Crippen LogP contribution in [0.2, 0.25) is 0 Å². The van der Waals surface area contributed by atoms with Gasteiger partial charge in [-0.15, -0.1) is 0 Å². The highest BCUT2D eigenvalue weighted by molar-refractivity contribution is 5.30. The Hall–Kier alpha value is -1.36. The Bertz CT molecular complexity index is 345. The summed E-state index contributed by atoms with van der Waals surface area (Å²) in [5.41, 5.74) is 0.866. The lowest BCUT2D eigenvalue weighted by molar-refractivity contribution is 0.244. The van der Waals surface area contributed by atoms with Crippen molar-refractivity contribution in [3.05, 3.63) is 11.8 Å². The number of ether oxygens (including phenoxy) is 1. The average Bonchev–Trinajstić information content (AvgIpc) is 2.32. The first-order valence-corrected chi connectivity index (χ1v) is 5.99. The zero-order valence-electron chi connectivity index (χ0n) is 10.7. The van der Waals surface area contributed by atoms with Gasteiger partial charge in [-0.25, -0.2) is 4.98 Å². The average molecular weight is 239 g/mol. The molecule has 1 aromatic heterocycles. The third-order valence-electron chi connectivity index (χ3n) is 2.21. The summed E-state index contributed by atoms with van der Waals surface area (Å²) in [6, 6.07) is 1.82. The molecule has 5 nitrogen and oxygen atoms in total. The number of hydrogen-bond donors (Lipinski definition) is 2. The highest BCUT2D eigenvalue weighted by Crippen LogP contribution is 2.12. The number of aromatic nitrogens is 2. The molecule has 0 saturated heterocycles. The van der Waals surface area contributed by atoms with Gasteiger partial charge in [0.25, 0.3) is 0 Å². The number of nitrogens with zero attached hydrogens (tertiary/aromatic N) is 2. The smallest absolute Gasteiger partial charge is 0.226 e. The van der Waals surface area contributed by atoms with Crippen LogP contribution in [-0.2, 0) is 0 Å². The lowest BCUT2D eigenvalue weighted by atomic mass is 10.2. The maximum Gasteiger partial charge on any atom is 0.226 e. The molecule has 1 unspecified atom stereocenters. The molecule has 0 aliphatic rings. The highest BCUT2D eigenvalue weighted by Gasteiger charge is 2.05. The number of aliphatic hydroxyl groups is 1. The minimum atomic E-state index is 0.151. The van der Waals surface area contributed by atoms with E-state index in [1.54, 1.807) is 0 Å². The standard InChI is InChI=1S/C12H21N3O2/c1-4-5-17-11-6-10(3)14-12(15-11)13-7-9(2)8-16/h6,9,16H,4-5,7-8H2,1-3H3,(H,13,14,15). The zero-order chi connectivity index (χ0) is 12.7. The summed E-state index contributed by atoms with van der Waals surface area (Å²) in [5.74, 6) is 1.33. The van der Waals surface area contributed by atoms with E-state index < -0.39 is 0 Å². The van der Waals surface area contributed by atoms with Crippen LogP contribution in [0.5, 0.6) is 5.88 Å². The Morgan fingerprint density at radius 1 is 1.47 bits per heavy atom. The summed E-state index contributed by atoms with van der Waals surface area (Å²) in [7, 11) is 0. The first kappa shape index (κ1) is 13.7. The lowest BCUT2D eigenvalue weighted by Gasteiger charge is -2.11. The summed E-state index contributed by atoms with van der Waals surface area (Å²) in [5, 5.41) is 12.0. The first-order valence-electron chi connectivity index (χ1n) is 5.99. The molecule has 1 aromatic rings. The molecular weight excluding hydrogens is 218 g/mol. The fourth-order valence-corrected chi connectivity index (χ4v) is 1.23. The summed E-state index contributed by atoms with van der Waals surface area (Å²) in [6.07, 6.45) is 0.952. The molecule has 1 rings (SSSR count). The molecule has 0 bridgehead atoms. The molecule has 0 saturated carbocycles. The summed E-state index contributed by atoms with van der Waals surface area (Å²) >= 11 is 0. The van der Waals surface area contributed by atoms with Crippen LogP contribution in [0.25, 0.3) is 0 Å². The molecule has 0 aliphatic heterocycles. The zero-order valence-corrected chi connectivity index (χ0v) is 10.7. The maximum absolute atomic E-state index is 8.93. The minimum Gasteiger partial charge on any atom is -0.478 e. The Labute approximate surface area is 102 Å². The van der Waals surface area contributed by atoms with E-state index >= 15 is 0 Å². The van der Waals surface area contributed by atoms with Crippen molar-refractivity contribution in [2.75, 3.05) is 25.1 Å². The molecule has 0 spiro atoms. The van der Waals surface area contributed by atoms with Gasteiger partial charge in [-0.05, 0) is 19.3 Å². The minimum absolute atomic E-state index is 0.151. The number of anilines is 1. The van der Waals surface area contributed by atoms with E-state index in [0.29, 0.717) is 25.0 Å². The second-order valence-corrected chi connectivity index (χ2v) is 4.19. The van der Waals surface area contributed by atoms with Gasteiger partial charge in [0.2, 0.25) is 11.8 Å². The van der Waals surface area contributed by atoms with Crippen LogP contribution < -0.4 is 10.1 Å². The van der Waals surface area contributed by atoms with Gasteiger partial charge in [0.15, 0.2) is 0 Å². The molecular formula is C12H21N3O2. The van der Waals surface area contributed by atoms with Gasteiger partial charge in [0.1, 0.15) is 0 Å². The Morgan fingerprint density at radius 3 is 2.88 bits per heavy atom. The fraction of sp³-hybridized carbons (Fsp3) is 0.667. The van der Waals surface area contributed by atoms with E-state index in [1.165, 1.54) is 0 Å². The summed E-state index contributed by atoms with van der Waals surface area (Å²) < 4.78 is 5.47. The molecule has 5 heteroatoms. The molecule has 1 atom stereocenters. The monoisotopic (exact) mass is 239 g/mol. The SMILES string of the molecule is CCCOc1cc(C)nc(NCC(C)CO)n1. The maximum atomic E-state index is 8.93. The van der Waals surface area contributed by atoms with Crippen molar-refractivity contribution in [1.82, 2.24) is 9.97 Å². The van der Waals surface area contributed by atoms with Crippen LogP contribution in [-0.4, -0.2) is 34.8 Å². The Kier molecular flexibility index (Phi) is 5.69. The van der Waals surface area contributed by atoms with E-state index in [1.807, 2.05) is 19.9 Å². The molecule has 0 amide bonds. The van der Waals surface area contributed by atoms with Crippen LogP contribution in [0.15, 0.2) is 6.07 Å². The number of aryl methyl sites for hydroxylation is 1. The van der Waals surface area contributed by atoms with Crippen LogP contribution >= 0.6 is 0 Å². The lowest BCUT2D eigenvalue weighted by Crippen LogP contribution is -2.16. The summed E-state index contributed by atoms with van der Waals surface area (Å²) in [4.78, 5) is 8.52. The van der Waals surface area contributed by atoms with Gasteiger partial charge >= 0.3 is 0 Å². The van der Waals surface area contributed by atoms with Crippen molar-refractivity contribution in [3.63, 3.8) is 0 Å². The van der Waals surface area contributed by atoms with E-state index in [2.05, 4.69) is 22.2 Å². The second kappa shape index (κ2) is 7.06. The van der Waals surface area contributed by atoms with Crippen molar-refractivity contribution in [2.24, 2.45) is 5.92 Å². The van der Waals surface area contributed by atoms with E-state index in [9.17, 15) is 0 Å². The van der Waals surface area contributed by atoms with Crippen molar-refractivity contribution in [2.45, 2.75) is 27.2 Å². The quantitative estimate of drug-likeness (QED) is 0.756. The number of rotatable bonds is 7. The summed E-state index contributed by atoms with van der Waals surface area (Å²) in [6.45, 7) is 7.36. The number of aliphatic hydroxyl groups excluding tert-OH is 1. The highest BCUT2D eigenvalue weighted by atomic mass is 16.5.